The number of carbonyl (C=O) groups is 1. The Labute approximate surface area is 97.7 Å². The highest BCUT2D eigenvalue weighted by Crippen LogP contribution is 2.26. The highest BCUT2D eigenvalue weighted by molar-refractivity contribution is 5.89. The molecule has 0 fully saturated rings. The number of hydrogen-bond acceptors (Lipinski definition) is 5. The maximum atomic E-state index is 11.4. The Balaban J connectivity index is 2.34. The van der Waals surface area contributed by atoms with Crippen LogP contribution in [0.3, 0.4) is 0 Å². The second-order valence-corrected chi connectivity index (χ2v) is 3.26. The van der Waals surface area contributed by atoms with Gasteiger partial charge < -0.3 is 14.3 Å². The summed E-state index contributed by atoms with van der Waals surface area (Å²) in [6, 6.07) is 8.99. The second-order valence-electron chi connectivity index (χ2n) is 3.26. The summed E-state index contributed by atoms with van der Waals surface area (Å²) in [6.45, 7) is 1.88. The zero-order valence-electron chi connectivity index (χ0n) is 9.21. The summed E-state index contributed by atoms with van der Waals surface area (Å²) in [6.07, 6.45) is 0. The van der Waals surface area contributed by atoms with Crippen molar-refractivity contribution in [3.8, 4) is 17.3 Å². The van der Waals surface area contributed by atoms with Crippen LogP contribution in [0.1, 0.15) is 17.5 Å². The number of esters is 1. The first-order valence-electron chi connectivity index (χ1n) is 5.14. The number of aromatic nitrogens is 1. The molecule has 0 aliphatic heterocycles. The van der Waals surface area contributed by atoms with Crippen LogP contribution >= 0.6 is 0 Å². The van der Waals surface area contributed by atoms with Crippen molar-refractivity contribution in [2.24, 2.45) is 0 Å². The highest BCUT2D eigenvalue weighted by Gasteiger charge is 2.21. The Hall–Kier alpha value is -2.30. The maximum absolute atomic E-state index is 11.4. The summed E-state index contributed by atoms with van der Waals surface area (Å²) in [5.74, 6) is -1.26. The summed E-state index contributed by atoms with van der Waals surface area (Å²) < 4.78 is 9.90. The molecular formula is C12H11NO4. The van der Waals surface area contributed by atoms with Crippen molar-refractivity contribution < 1.29 is 19.1 Å². The lowest BCUT2D eigenvalue weighted by Crippen LogP contribution is -2.03. The first kappa shape index (κ1) is 11.2. The molecule has 0 bridgehead atoms. The van der Waals surface area contributed by atoms with Crippen LogP contribution in [0.2, 0.25) is 0 Å². The van der Waals surface area contributed by atoms with Gasteiger partial charge in [-0.05, 0) is 19.1 Å². The van der Waals surface area contributed by atoms with Gasteiger partial charge in [0.2, 0.25) is 5.89 Å². The first-order valence-corrected chi connectivity index (χ1v) is 5.14. The molecule has 0 aliphatic rings. The fourth-order valence-electron chi connectivity index (χ4n) is 1.35. The molecule has 0 atom stereocenters. The van der Waals surface area contributed by atoms with E-state index in [2.05, 4.69) is 4.98 Å². The number of hydrogen-bond donors (Lipinski definition) is 1. The van der Waals surface area contributed by atoms with E-state index < -0.39 is 11.8 Å². The number of oxazole rings is 1. The SMILES string of the molecule is CCOC(=O)c1oc(-c2ccccc2)nc1O. The van der Waals surface area contributed by atoms with Crippen LogP contribution in [-0.4, -0.2) is 22.7 Å². The van der Waals surface area contributed by atoms with Crippen molar-refractivity contribution in [1.29, 1.82) is 0 Å². The Kier molecular flexibility index (Phi) is 3.09. The molecule has 0 aliphatic carbocycles. The van der Waals surface area contributed by atoms with Crippen LogP contribution in [0.15, 0.2) is 34.7 Å². The molecule has 0 saturated heterocycles. The molecule has 0 radical (unpaired) electrons. The minimum absolute atomic E-state index is 0.186. The molecule has 2 rings (SSSR count). The van der Waals surface area contributed by atoms with Gasteiger partial charge in [-0.15, -0.1) is 0 Å². The third-order valence-corrected chi connectivity index (χ3v) is 2.09. The fourth-order valence-corrected chi connectivity index (χ4v) is 1.35. The lowest BCUT2D eigenvalue weighted by molar-refractivity contribution is 0.0486. The van der Waals surface area contributed by atoms with Gasteiger partial charge in [0.15, 0.2) is 0 Å². The molecule has 88 valence electrons. The van der Waals surface area contributed by atoms with E-state index in [1.165, 1.54) is 0 Å². The van der Waals surface area contributed by atoms with Gasteiger partial charge in [0.25, 0.3) is 11.6 Å². The quantitative estimate of drug-likeness (QED) is 0.823. The van der Waals surface area contributed by atoms with Crippen molar-refractivity contribution in [2.45, 2.75) is 6.92 Å². The number of carbonyl (C=O) groups excluding carboxylic acids is 1. The zero-order valence-corrected chi connectivity index (χ0v) is 9.21. The minimum Gasteiger partial charge on any atom is -0.490 e. The molecule has 1 N–H and O–H groups in total. The Bertz CT molecular complexity index is 519. The van der Waals surface area contributed by atoms with Gasteiger partial charge in [-0.3, -0.25) is 0 Å². The normalized spacial score (nSPS) is 10.2. The largest absolute Gasteiger partial charge is 0.490 e. The Morgan fingerprint density at radius 2 is 2.12 bits per heavy atom. The van der Waals surface area contributed by atoms with Crippen LogP contribution < -0.4 is 0 Å². The van der Waals surface area contributed by atoms with E-state index in [1.807, 2.05) is 6.07 Å². The highest BCUT2D eigenvalue weighted by atomic mass is 16.5. The summed E-state index contributed by atoms with van der Waals surface area (Å²) in [5.41, 5.74) is 0.679. The molecule has 0 unspecified atom stereocenters. The number of rotatable bonds is 3. The van der Waals surface area contributed by atoms with E-state index in [1.54, 1.807) is 31.2 Å². The van der Waals surface area contributed by atoms with E-state index in [0.717, 1.165) is 0 Å². The van der Waals surface area contributed by atoms with Crippen molar-refractivity contribution in [3.05, 3.63) is 36.1 Å². The lowest BCUT2D eigenvalue weighted by atomic mass is 10.2. The smallest absolute Gasteiger partial charge is 0.380 e. The maximum Gasteiger partial charge on any atom is 0.380 e. The van der Waals surface area contributed by atoms with Gasteiger partial charge in [0, 0.05) is 5.56 Å². The van der Waals surface area contributed by atoms with Gasteiger partial charge in [0.05, 0.1) is 6.61 Å². The van der Waals surface area contributed by atoms with Crippen molar-refractivity contribution in [2.75, 3.05) is 6.61 Å². The Morgan fingerprint density at radius 3 is 2.76 bits per heavy atom. The summed E-state index contributed by atoms with van der Waals surface area (Å²) in [5, 5.41) is 9.48. The van der Waals surface area contributed by atoms with Crippen LogP contribution in [-0.2, 0) is 4.74 Å². The van der Waals surface area contributed by atoms with E-state index in [4.69, 9.17) is 9.15 Å². The number of nitrogens with zero attached hydrogens (tertiary/aromatic N) is 1. The number of ether oxygens (including phenoxy) is 1. The molecule has 5 heteroatoms. The summed E-state index contributed by atoms with van der Waals surface area (Å²) in [4.78, 5) is 15.2. The van der Waals surface area contributed by atoms with Crippen molar-refractivity contribution in [3.63, 3.8) is 0 Å². The monoisotopic (exact) mass is 233 g/mol. The third kappa shape index (κ3) is 2.28. The van der Waals surface area contributed by atoms with Crippen molar-refractivity contribution >= 4 is 5.97 Å². The summed E-state index contributed by atoms with van der Waals surface area (Å²) in [7, 11) is 0. The van der Waals surface area contributed by atoms with Crippen LogP contribution in [0.5, 0.6) is 5.88 Å². The standard InChI is InChI=1S/C12H11NO4/c1-2-16-12(15)9-10(14)13-11(17-9)8-6-4-3-5-7-8/h3-7,14H,2H2,1H3. The molecule has 0 spiro atoms. The lowest BCUT2D eigenvalue weighted by Gasteiger charge is -1.96. The Morgan fingerprint density at radius 1 is 1.41 bits per heavy atom. The molecule has 1 aromatic heterocycles. The van der Waals surface area contributed by atoms with Gasteiger partial charge in [-0.25, -0.2) is 4.79 Å². The summed E-state index contributed by atoms with van der Waals surface area (Å²) >= 11 is 0. The van der Waals surface area contributed by atoms with Gasteiger partial charge in [-0.1, -0.05) is 18.2 Å². The van der Waals surface area contributed by atoms with Crippen LogP contribution in [0.25, 0.3) is 11.5 Å². The van der Waals surface area contributed by atoms with Crippen molar-refractivity contribution in [1.82, 2.24) is 4.98 Å². The average molecular weight is 233 g/mol. The minimum atomic E-state index is -0.723. The zero-order chi connectivity index (χ0) is 12.3. The van der Waals surface area contributed by atoms with E-state index in [-0.39, 0.29) is 18.3 Å². The molecule has 5 nitrogen and oxygen atoms in total. The predicted molar refractivity (Wildman–Crippen MR) is 59.6 cm³/mol. The first-order chi connectivity index (χ1) is 8.22. The van der Waals surface area contributed by atoms with E-state index in [0.29, 0.717) is 5.56 Å². The van der Waals surface area contributed by atoms with E-state index >= 15 is 0 Å². The molecule has 0 amide bonds. The molecule has 2 aromatic rings. The molecule has 0 saturated carbocycles. The molecule has 17 heavy (non-hydrogen) atoms. The third-order valence-electron chi connectivity index (χ3n) is 2.09. The van der Waals surface area contributed by atoms with Gasteiger partial charge in [-0.2, -0.15) is 4.98 Å². The van der Waals surface area contributed by atoms with E-state index in [9.17, 15) is 9.90 Å². The molecule has 1 heterocycles. The number of benzene rings is 1. The van der Waals surface area contributed by atoms with Crippen LogP contribution in [0, 0.1) is 0 Å². The average Bonchev–Trinajstić information content (AvgIpc) is 2.73. The topological polar surface area (TPSA) is 72.6 Å². The fraction of sp³-hybridized carbons (Fsp3) is 0.167. The predicted octanol–water partition coefficient (Wildman–Crippen LogP) is 2.22. The number of aromatic hydroxyl groups is 1. The van der Waals surface area contributed by atoms with Gasteiger partial charge >= 0.3 is 5.97 Å². The molecule has 1 aromatic carbocycles. The van der Waals surface area contributed by atoms with Gasteiger partial charge in [0.1, 0.15) is 0 Å². The second kappa shape index (κ2) is 4.69. The van der Waals surface area contributed by atoms with Crippen LogP contribution in [0.4, 0.5) is 0 Å². The molecular weight excluding hydrogens is 222 g/mol.